The van der Waals surface area contributed by atoms with Crippen molar-refractivity contribution in [2.45, 2.75) is 51.7 Å². The normalized spacial score (nSPS) is 13.6. The first-order valence-electron chi connectivity index (χ1n) is 6.76. The zero-order valence-electron chi connectivity index (χ0n) is 11.5. The molecule has 1 atom stereocenters. The Bertz CT molecular complexity index is 363. The standard InChI is InChI=1S/C15H24FNO/c1-4-14(12-8-7-9-13(16)10-12)17-11-15(18,5-2)6-3/h7-10,14,17-18H,4-6,11H2,1-3H3. The summed E-state index contributed by atoms with van der Waals surface area (Å²) in [5.41, 5.74) is 0.271. The molecule has 0 radical (unpaired) electrons. The first-order valence-corrected chi connectivity index (χ1v) is 6.76. The highest BCUT2D eigenvalue weighted by Gasteiger charge is 2.23. The van der Waals surface area contributed by atoms with Gasteiger partial charge in [0.2, 0.25) is 0 Å². The third-order valence-electron chi connectivity index (χ3n) is 3.65. The molecule has 1 unspecified atom stereocenters. The Labute approximate surface area is 109 Å². The lowest BCUT2D eigenvalue weighted by atomic mass is 9.96. The Balaban J connectivity index is 2.68. The van der Waals surface area contributed by atoms with Crippen LogP contribution in [-0.2, 0) is 0 Å². The van der Waals surface area contributed by atoms with Crippen molar-refractivity contribution in [2.24, 2.45) is 0 Å². The maximum Gasteiger partial charge on any atom is 0.123 e. The molecule has 0 aliphatic carbocycles. The lowest BCUT2D eigenvalue weighted by Gasteiger charge is -2.28. The third-order valence-corrected chi connectivity index (χ3v) is 3.65. The van der Waals surface area contributed by atoms with E-state index in [1.807, 2.05) is 19.9 Å². The van der Waals surface area contributed by atoms with Crippen molar-refractivity contribution in [3.8, 4) is 0 Å². The van der Waals surface area contributed by atoms with Gasteiger partial charge < -0.3 is 10.4 Å². The highest BCUT2D eigenvalue weighted by molar-refractivity contribution is 5.20. The van der Waals surface area contributed by atoms with Gasteiger partial charge in [-0.05, 0) is 37.0 Å². The van der Waals surface area contributed by atoms with Crippen molar-refractivity contribution in [1.82, 2.24) is 5.32 Å². The predicted octanol–water partition coefficient (Wildman–Crippen LogP) is 3.42. The van der Waals surface area contributed by atoms with E-state index in [9.17, 15) is 9.50 Å². The molecule has 0 bridgehead atoms. The second-order valence-corrected chi connectivity index (χ2v) is 4.83. The van der Waals surface area contributed by atoms with E-state index in [-0.39, 0.29) is 11.9 Å². The molecule has 1 rings (SSSR count). The Kier molecular flexibility index (Phi) is 5.76. The highest BCUT2D eigenvalue weighted by atomic mass is 19.1. The first kappa shape index (κ1) is 15.1. The molecule has 0 heterocycles. The van der Waals surface area contributed by atoms with Gasteiger partial charge in [-0.3, -0.25) is 0 Å². The minimum Gasteiger partial charge on any atom is -0.389 e. The van der Waals surface area contributed by atoms with Gasteiger partial charge in [0.1, 0.15) is 5.82 Å². The number of aliphatic hydroxyl groups is 1. The zero-order chi connectivity index (χ0) is 13.6. The molecular weight excluding hydrogens is 229 g/mol. The molecule has 0 aliphatic heterocycles. The molecule has 0 saturated heterocycles. The van der Waals surface area contributed by atoms with Crippen molar-refractivity contribution in [3.63, 3.8) is 0 Å². The Morgan fingerprint density at radius 1 is 1.28 bits per heavy atom. The largest absolute Gasteiger partial charge is 0.389 e. The summed E-state index contributed by atoms with van der Waals surface area (Å²) in [4.78, 5) is 0. The topological polar surface area (TPSA) is 32.3 Å². The van der Waals surface area contributed by atoms with E-state index < -0.39 is 5.60 Å². The second-order valence-electron chi connectivity index (χ2n) is 4.83. The minimum atomic E-state index is -0.666. The number of nitrogens with one attached hydrogen (secondary N) is 1. The maximum absolute atomic E-state index is 13.2. The van der Waals surface area contributed by atoms with Gasteiger partial charge >= 0.3 is 0 Å². The van der Waals surface area contributed by atoms with Crippen LogP contribution in [0.25, 0.3) is 0 Å². The smallest absolute Gasteiger partial charge is 0.123 e. The SMILES string of the molecule is CCC(NCC(O)(CC)CC)c1cccc(F)c1. The number of benzene rings is 1. The molecule has 0 aliphatic rings. The highest BCUT2D eigenvalue weighted by Crippen LogP contribution is 2.20. The molecule has 0 aromatic heterocycles. The first-order chi connectivity index (χ1) is 8.54. The molecule has 18 heavy (non-hydrogen) atoms. The fraction of sp³-hybridized carbons (Fsp3) is 0.600. The van der Waals surface area contributed by atoms with E-state index >= 15 is 0 Å². The average Bonchev–Trinajstić information content (AvgIpc) is 2.39. The molecule has 1 aromatic carbocycles. The second kappa shape index (κ2) is 6.86. The fourth-order valence-electron chi connectivity index (χ4n) is 2.03. The lowest BCUT2D eigenvalue weighted by Crippen LogP contribution is -2.40. The van der Waals surface area contributed by atoms with Crippen LogP contribution < -0.4 is 5.32 Å². The summed E-state index contributed by atoms with van der Waals surface area (Å²) in [6, 6.07) is 6.73. The van der Waals surface area contributed by atoms with Crippen LogP contribution in [0, 0.1) is 5.82 Å². The van der Waals surface area contributed by atoms with Crippen LogP contribution in [0.5, 0.6) is 0 Å². The summed E-state index contributed by atoms with van der Waals surface area (Å²) in [5.74, 6) is -0.214. The van der Waals surface area contributed by atoms with Gasteiger partial charge in [0, 0.05) is 12.6 Å². The van der Waals surface area contributed by atoms with Gasteiger partial charge in [-0.2, -0.15) is 0 Å². The van der Waals surface area contributed by atoms with Gasteiger partial charge in [-0.1, -0.05) is 32.9 Å². The minimum absolute atomic E-state index is 0.0883. The molecule has 2 N–H and O–H groups in total. The summed E-state index contributed by atoms with van der Waals surface area (Å²) in [5, 5.41) is 13.6. The molecule has 0 amide bonds. The molecule has 3 heteroatoms. The predicted molar refractivity (Wildman–Crippen MR) is 73.0 cm³/mol. The van der Waals surface area contributed by atoms with Gasteiger partial charge in [0.25, 0.3) is 0 Å². The molecule has 0 saturated carbocycles. The average molecular weight is 253 g/mol. The molecule has 102 valence electrons. The van der Waals surface area contributed by atoms with Crippen LogP contribution in [0.2, 0.25) is 0 Å². The molecular formula is C15H24FNO. The molecule has 1 aromatic rings. The van der Waals surface area contributed by atoms with Crippen LogP contribution in [0.3, 0.4) is 0 Å². The molecule has 0 spiro atoms. The van der Waals surface area contributed by atoms with E-state index in [1.165, 1.54) is 6.07 Å². The van der Waals surface area contributed by atoms with Crippen molar-refractivity contribution < 1.29 is 9.50 Å². The van der Waals surface area contributed by atoms with E-state index in [4.69, 9.17) is 0 Å². The van der Waals surface area contributed by atoms with Crippen LogP contribution >= 0.6 is 0 Å². The monoisotopic (exact) mass is 253 g/mol. The van der Waals surface area contributed by atoms with Gasteiger partial charge in [-0.25, -0.2) is 4.39 Å². The van der Waals surface area contributed by atoms with Gasteiger partial charge in [0.05, 0.1) is 5.60 Å². The number of halogens is 1. The fourth-order valence-corrected chi connectivity index (χ4v) is 2.03. The van der Waals surface area contributed by atoms with Crippen molar-refractivity contribution in [1.29, 1.82) is 0 Å². The van der Waals surface area contributed by atoms with Crippen LogP contribution in [-0.4, -0.2) is 17.3 Å². The van der Waals surface area contributed by atoms with Crippen molar-refractivity contribution >= 4 is 0 Å². The third kappa shape index (κ3) is 4.07. The van der Waals surface area contributed by atoms with E-state index in [0.29, 0.717) is 6.54 Å². The van der Waals surface area contributed by atoms with E-state index in [1.54, 1.807) is 12.1 Å². The number of hydrogen-bond acceptors (Lipinski definition) is 2. The molecule has 0 fully saturated rings. The Morgan fingerprint density at radius 3 is 2.44 bits per heavy atom. The van der Waals surface area contributed by atoms with E-state index in [2.05, 4.69) is 12.2 Å². The van der Waals surface area contributed by atoms with Crippen LogP contribution in [0.15, 0.2) is 24.3 Å². The van der Waals surface area contributed by atoms with Gasteiger partial charge in [0.15, 0.2) is 0 Å². The van der Waals surface area contributed by atoms with Gasteiger partial charge in [-0.15, -0.1) is 0 Å². The Hall–Kier alpha value is -0.930. The summed E-state index contributed by atoms with van der Waals surface area (Å²) >= 11 is 0. The zero-order valence-corrected chi connectivity index (χ0v) is 11.5. The maximum atomic E-state index is 13.2. The summed E-state index contributed by atoms with van der Waals surface area (Å²) in [6.07, 6.45) is 2.30. The quantitative estimate of drug-likeness (QED) is 0.780. The summed E-state index contributed by atoms with van der Waals surface area (Å²) in [6.45, 7) is 6.55. The van der Waals surface area contributed by atoms with E-state index in [0.717, 1.165) is 24.8 Å². The lowest BCUT2D eigenvalue weighted by molar-refractivity contribution is 0.0297. The number of hydrogen-bond donors (Lipinski definition) is 2. The van der Waals surface area contributed by atoms with Crippen molar-refractivity contribution in [3.05, 3.63) is 35.6 Å². The molecule has 2 nitrogen and oxygen atoms in total. The summed E-state index contributed by atoms with van der Waals surface area (Å²) in [7, 11) is 0. The van der Waals surface area contributed by atoms with Crippen LogP contribution in [0.4, 0.5) is 4.39 Å². The summed E-state index contributed by atoms with van der Waals surface area (Å²) < 4.78 is 13.2. The van der Waals surface area contributed by atoms with Crippen molar-refractivity contribution in [2.75, 3.05) is 6.54 Å². The van der Waals surface area contributed by atoms with Crippen LogP contribution in [0.1, 0.15) is 51.6 Å². The Morgan fingerprint density at radius 2 is 1.94 bits per heavy atom. The number of rotatable bonds is 7.